The molecule has 1 amide bonds. The van der Waals surface area contributed by atoms with Crippen LogP contribution in [0.25, 0.3) is 0 Å². The molecule has 1 aromatic rings. The maximum Gasteiger partial charge on any atom is 0.261 e. The molecule has 0 atom stereocenters. The Bertz CT molecular complexity index is 577. The summed E-state index contributed by atoms with van der Waals surface area (Å²) in [5.74, 6) is 0.152. The zero-order valence-corrected chi connectivity index (χ0v) is 14.0. The lowest BCUT2D eigenvalue weighted by atomic mass is 10.3. The maximum absolute atomic E-state index is 11.5. The molecule has 112 valence electrons. The van der Waals surface area contributed by atoms with Crippen LogP contribution in [0.1, 0.15) is 19.8 Å². The Morgan fingerprint density at radius 1 is 1.45 bits per heavy atom. The summed E-state index contributed by atoms with van der Waals surface area (Å²) in [6, 6.07) is 4.09. The number of ether oxygens (including phenoxy) is 1. The van der Waals surface area contributed by atoms with Crippen molar-refractivity contribution in [2.24, 2.45) is 0 Å². The quantitative estimate of drug-likeness (QED) is 0.579. The third-order valence-electron chi connectivity index (χ3n) is 2.40. The number of halogens is 2. The number of hydrogen-bond donors (Lipinski definition) is 1. The van der Waals surface area contributed by atoms with Crippen molar-refractivity contribution < 1.29 is 17.9 Å². The van der Waals surface area contributed by atoms with E-state index in [0.29, 0.717) is 16.8 Å². The molecule has 0 saturated heterocycles. The number of rotatable bonds is 7. The first-order valence-electron chi connectivity index (χ1n) is 5.98. The predicted octanol–water partition coefficient (Wildman–Crippen LogP) is 2.67. The smallest absolute Gasteiger partial charge is 0.261 e. The molecule has 0 fully saturated rings. The Hall–Kier alpha value is -0.790. The van der Waals surface area contributed by atoms with Crippen LogP contribution in [-0.4, -0.2) is 27.5 Å². The molecule has 0 aromatic heterocycles. The Balaban J connectivity index is 2.59. The average Bonchev–Trinajstić information content (AvgIpc) is 2.36. The summed E-state index contributed by atoms with van der Waals surface area (Å²) in [7, 11) is 1.45. The highest BCUT2D eigenvalue weighted by Crippen LogP contribution is 2.29. The van der Waals surface area contributed by atoms with Crippen LogP contribution in [0.15, 0.2) is 27.6 Å². The summed E-state index contributed by atoms with van der Waals surface area (Å²) in [5.41, 5.74) is 0. The molecular formula is C12H15BrClNO4S. The maximum atomic E-state index is 11.5. The highest BCUT2D eigenvalue weighted by molar-refractivity contribution is 9.10. The SMILES string of the molecule is CCCCNC(=O)COc1ccc(S(=O)(=O)Cl)cc1Br. The van der Waals surface area contributed by atoms with Crippen LogP contribution in [0, 0.1) is 0 Å². The molecule has 20 heavy (non-hydrogen) atoms. The second-order valence-electron chi connectivity index (χ2n) is 4.02. The molecule has 0 bridgehead atoms. The number of carbonyl (C=O) groups excluding carboxylic acids is 1. The van der Waals surface area contributed by atoms with E-state index >= 15 is 0 Å². The Labute approximate surface area is 131 Å². The molecule has 1 aromatic carbocycles. The number of hydrogen-bond acceptors (Lipinski definition) is 4. The van der Waals surface area contributed by atoms with E-state index in [4.69, 9.17) is 15.4 Å². The fraction of sp³-hybridized carbons (Fsp3) is 0.417. The average molecular weight is 385 g/mol. The molecule has 0 radical (unpaired) electrons. The Morgan fingerprint density at radius 2 is 2.15 bits per heavy atom. The van der Waals surface area contributed by atoms with Crippen molar-refractivity contribution in [2.45, 2.75) is 24.7 Å². The van der Waals surface area contributed by atoms with Gasteiger partial charge >= 0.3 is 0 Å². The Kier molecular flexibility index (Phi) is 6.78. The van der Waals surface area contributed by atoms with Gasteiger partial charge in [-0.1, -0.05) is 13.3 Å². The van der Waals surface area contributed by atoms with Gasteiger partial charge in [-0.05, 0) is 40.5 Å². The van der Waals surface area contributed by atoms with Crippen molar-refractivity contribution in [1.29, 1.82) is 0 Å². The molecule has 0 saturated carbocycles. The molecule has 1 N–H and O–H groups in total. The number of benzene rings is 1. The summed E-state index contributed by atoms with van der Waals surface area (Å²) in [5, 5.41) is 2.71. The van der Waals surface area contributed by atoms with Crippen LogP contribution < -0.4 is 10.1 Å². The Morgan fingerprint density at radius 3 is 2.70 bits per heavy atom. The first-order chi connectivity index (χ1) is 9.34. The number of carbonyl (C=O) groups is 1. The molecule has 0 aliphatic rings. The van der Waals surface area contributed by atoms with Crippen molar-refractivity contribution in [3.63, 3.8) is 0 Å². The molecule has 8 heteroatoms. The summed E-state index contributed by atoms with van der Waals surface area (Å²) in [6.07, 6.45) is 1.92. The van der Waals surface area contributed by atoms with Gasteiger partial charge in [0.15, 0.2) is 6.61 Å². The molecule has 0 heterocycles. The van der Waals surface area contributed by atoms with E-state index in [1.807, 2.05) is 6.92 Å². The summed E-state index contributed by atoms with van der Waals surface area (Å²) >= 11 is 3.17. The van der Waals surface area contributed by atoms with E-state index in [1.165, 1.54) is 18.2 Å². The van der Waals surface area contributed by atoms with Crippen molar-refractivity contribution >= 4 is 41.6 Å². The van der Waals surface area contributed by atoms with E-state index in [0.717, 1.165) is 12.8 Å². The van der Waals surface area contributed by atoms with Gasteiger partial charge in [0, 0.05) is 17.2 Å². The van der Waals surface area contributed by atoms with Gasteiger partial charge in [-0.15, -0.1) is 0 Å². The monoisotopic (exact) mass is 383 g/mol. The van der Waals surface area contributed by atoms with Gasteiger partial charge in [0.1, 0.15) is 5.75 Å². The zero-order valence-electron chi connectivity index (χ0n) is 10.9. The van der Waals surface area contributed by atoms with E-state index in [9.17, 15) is 13.2 Å². The molecule has 0 unspecified atom stereocenters. The van der Waals surface area contributed by atoms with Gasteiger partial charge < -0.3 is 10.1 Å². The van der Waals surface area contributed by atoms with Crippen molar-refractivity contribution in [2.75, 3.05) is 13.2 Å². The molecule has 0 aliphatic heterocycles. The van der Waals surface area contributed by atoms with Crippen LogP contribution >= 0.6 is 26.6 Å². The van der Waals surface area contributed by atoms with E-state index in [1.54, 1.807) is 0 Å². The minimum absolute atomic E-state index is 0.0363. The highest BCUT2D eigenvalue weighted by Gasteiger charge is 2.13. The lowest BCUT2D eigenvalue weighted by Gasteiger charge is -2.09. The van der Waals surface area contributed by atoms with Gasteiger partial charge in [-0.2, -0.15) is 0 Å². The summed E-state index contributed by atoms with van der Waals surface area (Å²) < 4.78 is 28.0. The van der Waals surface area contributed by atoms with E-state index in [-0.39, 0.29) is 17.4 Å². The minimum Gasteiger partial charge on any atom is -0.483 e. The fourth-order valence-electron chi connectivity index (χ4n) is 1.35. The second-order valence-corrected chi connectivity index (χ2v) is 7.44. The fourth-order valence-corrected chi connectivity index (χ4v) is 2.77. The summed E-state index contributed by atoms with van der Waals surface area (Å²) in [4.78, 5) is 11.4. The van der Waals surface area contributed by atoms with Crippen LogP contribution in [0.2, 0.25) is 0 Å². The van der Waals surface area contributed by atoms with Gasteiger partial charge in [-0.25, -0.2) is 8.42 Å². The molecular weight excluding hydrogens is 370 g/mol. The number of nitrogens with one attached hydrogen (secondary N) is 1. The standard InChI is InChI=1S/C12H15BrClNO4S/c1-2-3-6-15-12(16)8-19-11-5-4-9(7-10(11)13)20(14,17)18/h4-5,7H,2-3,6,8H2,1H3,(H,15,16). The number of unbranched alkanes of at least 4 members (excludes halogenated alkanes) is 1. The van der Waals surface area contributed by atoms with Gasteiger partial charge in [0.05, 0.1) is 9.37 Å². The van der Waals surface area contributed by atoms with Gasteiger partial charge in [0.25, 0.3) is 15.0 Å². The van der Waals surface area contributed by atoms with Gasteiger partial charge in [0.2, 0.25) is 0 Å². The zero-order chi connectivity index (χ0) is 15.2. The highest BCUT2D eigenvalue weighted by atomic mass is 79.9. The normalized spacial score (nSPS) is 11.2. The second kappa shape index (κ2) is 7.85. The lowest BCUT2D eigenvalue weighted by Crippen LogP contribution is -2.29. The molecule has 0 spiro atoms. The van der Waals surface area contributed by atoms with Crippen LogP contribution in [0.5, 0.6) is 5.75 Å². The van der Waals surface area contributed by atoms with E-state index < -0.39 is 9.05 Å². The molecule has 0 aliphatic carbocycles. The topological polar surface area (TPSA) is 72.5 Å². The molecule has 5 nitrogen and oxygen atoms in total. The lowest BCUT2D eigenvalue weighted by molar-refractivity contribution is -0.123. The van der Waals surface area contributed by atoms with Crippen molar-refractivity contribution in [3.8, 4) is 5.75 Å². The third-order valence-corrected chi connectivity index (χ3v) is 4.37. The third kappa shape index (κ3) is 5.68. The van der Waals surface area contributed by atoms with Crippen LogP contribution in [-0.2, 0) is 13.8 Å². The van der Waals surface area contributed by atoms with E-state index in [2.05, 4.69) is 21.2 Å². The van der Waals surface area contributed by atoms with Crippen LogP contribution in [0.4, 0.5) is 0 Å². The largest absolute Gasteiger partial charge is 0.483 e. The first-order valence-corrected chi connectivity index (χ1v) is 9.08. The van der Waals surface area contributed by atoms with Crippen molar-refractivity contribution in [1.82, 2.24) is 5.32 Å². The van der Waals surface area contributed by atoms with Gasteiger partial charge in [-0.3, -0.25) is 4.79 Å². The molecule has 1 rings (SSSR count). The van der Waals surface area contributed by atoms with Crippen LogP contribution in [0.3, 0.4) is 0 Å². The predicted molar refractivity (Wildman–Crippen MR) is 80.6 cm³/mol. The first kappa shape index (κ1) is 17.3. The number of amides is 1. The summed E-state index contributed by atoms with van der Waals surface area (Å²) in [6.45, 7) is 2.52. The van der Waals surface area contributed by atoms with Crippen molar-refractivity contribution in [3.05, 3.63) is 22.7 Å². The minimum atomic E-state index is -3.78.